The number of amides is 1. The lowest BCUT2D eigenvalue weighted by atomic mass is 10.0. The number of carbonyl (C=O) groups excluding carboxylic acids is 1. The summed E-state index contributed by atoms with van der Waals surface area (Å²) in [6.07, 6.45) is -1.13. The lowest BCUT2D eigenvalue weighted by Crippen LogP contribution is -2.50. The van der Waals surface area contributed by atoms with Crippen LogP contribution in [0.5, 0.6) is 5.88 Å². The van der Waals surface area contributed by atoms with E-state index in [0.29, 0.717) is 16.9 Å². The van der Waals surface area contributed by atoms with E-state index in [9.17, 15) is 13.6 Å². The van der Waals surface area contributed by atoms with Gasteiger partial charge in [0.05, 0.1) is 42.8 Å². The van der Waals surface area contributed by atoms with E-state index in [4.69, 9.17) is 15.7 Å². The molecule has 4 rings (SSSR count). The number of methoxy groups -OCH3 is 1. The molecule has 11 nitrogen and oxygen atoms in total. The SMILES string of the molecule is COc1nc(N[C@H]2CCN(C(=O)CO)C[C@H]2F)nn2cc(F)c(-c3ccc(N(C)N)c(NC[C@H](C)F)c3)c12. The molecule has 0 unspecified atom stereocenters. The number of nitrogens with zero attached hydrogens (tertiary/aromatic N) is 5. The number of aliphatic hydroxyl groups excluding tert-OH is 1. The van der Waals surface area contributed by atoms with Crippen molar-refractivity contribution in [3.05, 3.63) is 30.2 Å². The molecular formula is C24H31F3N8O3. The first-order valence-corrected chi connectivity index (χ1v) is 12.1. The summed E-state index contributed by atoms with van der Waals surface area (Å²) in [7, 11) is 3.01. The van der Waals surface area contributed by atoms with Crippen molar-refractivity contribution in [2.24, 2.45) is 5.84 Å². The lowest BCUT2D eigenvalue weighted by molar-refractivity contribution is -0.136. The highest BCUT2D eigenvalue weighted by atomic mass is 19.1. The van der Waals surface area contributed by atoms with Gasteiger partial charge in [-0.3, -0.25) is 4.79 Å². The summed E-state index contributed by atoms with van der Waals surface area (Å²) >= 11 is 0. The Morgan fingerprint density at radius 2 is 2.18 bits per heavy atom. The number of rotatable bonds is 9. The highest BCUT2D eigenvalue weighted by Crippen LogP contribution is 2.37. The lowest BCUT2D eigenvalue weighted by Gasteiger charge is -2.34. The van der Waals surface area contributed by atoms with E-state index in [-0.39, 0.29) is 49.0 Å². The molecule has 3 aromatic rings. The van der Waals surface area contributed by atoms with Crippen LogP contribution in [0.1, 0.15) is 13.3 Å². The summed E-state index contributed by atoms with van der Waals surface area (Å²) in [4.78, 5) is 17.3. The summed E-state index contributed by atoms with van der Waals surface area (Å²) < 4.78 is 50.3. The van der Waals surface area contributed by atoms with Crippen molar-refractivity contribution in [1.29, 1.82) is 0 Å². The smallest absolute Gasteiger partial charge is 0.248 e. The number of alkyl halides is 2. The van der Waals surface area contributed by atoms with E-state index in [2.05, 4.69) is 20.7 Å². The number of hydrogen-bond acceptors (Lipinski definition) is 9. The van der Waals surface area contributed by atoms with E-state index in [1.165, 1.54) is 28.5 Å². The molecule has 206 valence electrons. The van der Waals surface area contributed by atoms with E-state index < -0.39 is 36.7 Å². The van der Waals surface area contributed by atoms with Gasteiger partial charge >= 0.3 is 0 Å². The van der Waals surface area contributed by atoms with Gasteiger partial charge in [0, 0.05) is 20.1 Å². The molecule has 0 saturated carbocycles. The molecular weight excluding hydrogens is 505 g/mol. The third kappa shape index (κ3) is 5.55. The molecule has 38 heavy (non-hydrogen) atoms. The Kier molecular flexibility index (Phi) is 8.11. The predicted octanol–water partition coefficient (Wildman–Crippen LogP) is 1.97. The number of fused-ring (bicyclic) bond motifs is 1. The third-order valence-electron chi connectivity index (χ3n) is 6.33. The van der Waals surface area contributed by atoms with Crippen LogP contribution in [0.2, 0.25) is 0 Å². The summed E-state index contributed by atoms with van der Waals surface area (Å²) in [6, 6.07) is 4.30. The monoisotopic (exact) mass is 536 g/mol. The standard InChI is InChI=1S/C24H31F3N8O3/c1-13(25)9-29-18-8-14(4-5-19(18)33(2)28)21-16(27)11-35-22(21)23(38-3)31-24(32-35)30-17-6-7-34(10-15(17)26)20(37)12-36/h4-5,8,11,13,15,17,29,36H,6-7,9-10,12,28H2,1-3H3,(H,30,32)/t13-,15+,17-/m0/s1. The predicted molar refractivity (Wildman–Crippen MR) is 137 cm³/mol. The van der Waals surface area contributed by atoms with Crippen LogP contribution in [0.15, 0.2) is 24.4 Å². The number of aromatic nitrogens is 3. The minimum atomic E-state index is -1.43. The van der Waals surface area contributed by atoms with Crippen LogP contribution in [-0.4, -0.2) is 89.3 Å². The number of hydrazine groups is 1. The molecule has 1 aromatic carbocycles. The molecule has 0 bridgehead atoms. The van der Waals surface area contributed by atoms with Gasteiger partial charge in [-0.2, -0.15) is 4.98 Å². The second kappa shape index (κ2) is 11.3. The number of halogens is 3. The van der Waals surface area contributed by atoms with Crippen molar-refractivity contribution < 1.29 is 27.8 Å². The zero-order valence-corrected chi connectivity index (χ0v) is 21.3. The third-order valence-corrected chi connectivity index (χ3v) is 6.33. The fourth-order valence-corrected chi connectivity index (χ4v) is 4.45. The molecule has 0 aliphatic carbocycles. The van der Waals surface area contributed by atoms with E-state index in [1.807, 2.05) is 0 Å². The van der Waals surface area contributed by atoms with Crippen LogP contribution in [0, 0.1) is 5.82 Å². The second-order valence-electron chi connectivity index (χ2n) is 9.15. The number of nitrogens with two attached hydrogens (primary N) is 1. The summed E-state index contributed by atoms with van der Waals surface area (Å²) in [5, 5.41) is 20.6. The number of hydrogen-bond donors (Lipinski definition) is 4. The van der Waals surface area contributed by atoms with Crippen molar-refractivity contribution in [1.82, 2.24) is 19.5 Å². The summed E-state index contributed by atoms with van der Waals surface area (Å²) in [6.45, 7) is 0.852. The van der Waals surface area contributed by atoms with Gasteiger partial charge in [-0.15, -0.1) is 5.10 Å². The Balaban J connectivity index is 1.67. The molecule has 14 heteroatoms. The van der Waals surface area contributed by atoms with Crippen LogP contribution in [0.4, 0.5) is 30.5 Å². The molecule has 1 aliphatic heterocycles. The molecule has 1 saturated heterocycles. The maximum Gasteiger partial charge on any atom is 0.248 e. The number of piperidine rings is 1. The molecule has 0 spiro atoms. The minimum absolute atomic E-state index is 0.0184. The highest BCUT2D eigenvalue weighted by Gasteiger charge is 2.32. The molecule has 0 radical (unpaired) electrons. The zero-order chi connectivity index (χ0) is 27.6. The fourth-order valence-electron chi connectivity index (χ4n) is 4.45. The fraction of sp³-hybridized carbons (Fsp3) is 0.458. The Labute approximate surface area is 217 Å². The van der Waals surface area contributed by atoms with Crippen molar-refractivity contribution in [2.75, 3.05) is 56.0 Å². The average Bonchev–Trinajstić information content (AvgIpc) is 3.22. The molecule has 1 fully saturated rings. The summed E-state index contributed by atoms with van der Waals surface area (Å²) in [5.41, 5.74) is 1.95. The van der Waals surface area contributed by atoms with Crippen LogP contribution >= 0.6 is 0 Å². The molecule has 5 N–H and O–H groups in total. The van der Waals surface area contributed by atoms with Gasteiger partial charge in [-0.25, -0.2) is 23.5 Å². The van der Waals surface area contributed by atoms with Gasteiger partial charge in [-0.05, 0) is 31.0 Å². The number of carbonyl (C=O) groups is 1. The van der Waals surface area contributed by atoms with Gasteiger partial charge in [0.25, 0.3) is 0 Å². The molecule has 2 aromatic heterocycles. The van der Waals surface area contributed by atoms with E-state index >= 15 is 4.39 Å². The first-order valence-electron chi connectivity index (χ1n) is 12.1. The second-order valence-corrected chi connectivity index (χ2v) is 9.15. The van der Waals surface area contributed by atoms with Crippen LogP contribution in [0.25, 0.3) is 16.6 Å². The number of anilines is 3. The van der Waals surface area contributed by atoms with Crippen molar-refractivity contribution in [3.8, 4) is 17.0 Å². The quantitative estimate of drug-likeness (QED) is 0.239. The number of aliphatic hydroxyl groups is 1. The normalized spacial score (nSPS) is 18.4. The van der Waals surface area contributed by atoms with Crippen LogP contribution in [-0.2, 0) is 4.79 Å². The Morgan fingerprint density at radius 1 is 1.42 bits per heavy atom. The van der Waals surface area contributed by atoms with Gasteiger partial charge in [0.15, 0.2) is 5.82 Å². The Morgan fingerprint density at radius 3 is 2.82 bits per heavy atom. The van der Waals surface area contributed by atoms with Crippen molar-refractivity contribution >= 4 is 28.7 Å². The maximum absolute atomic E-state index is 15.3. The zero-order valence-electron chi connectivity index (χ0n) is 21.3. The molecule has 1 amide bonds. The molecule has 3 heterocycles. The Hall–Kier alpha value is -3.78. The largest absolute Gasteiger partial charge is 0.479 e. The molecule has 1 aliphatic rings. The van der Waals surface area contributed by atoms with Crippen molar-refractivity contribution in [3.63, 3.8) is 0 Å². The average molecular weight is 537 g/mol. The van der Waals surface area contributed by atoms with Crippen LogP contribution in [0.3, 0.4) is 0 Å². The summed E-state index contributed by atoms with van der Waals surface area (Å²) in [5.74, 6) is 4.83. The number of benzene rings is 1. The van der Waals surface area contributed by atoms with Crippen LogP contribution < -0.4 is 26.2 Å². The first-order chi connectivity index (χ1) is 18.1. The van der Waals surface area contributed by atoms with Crippen molar-refractivity contribution in [2.45, 2.75) is 31.7 Å². The topological polar surface area (TPSA) is 133 Å². The van der Waals surface area contributed by atoms with E-state index in [0.717, 1.165) is 6.20 Å². The number of nitrogens with one attached hydrogen (secondary N) is 2. The maximum atomic E-state index is 15.3. The minimum Gasteiger partial charge on any atom is -0.479 e. The highest BCUT2D eigenvalue weighted by molar-refractivity contribution is 5.88. The molecule has 3 atom stereocenters. The van der Waals surface area contributed by atoms with Gasteiger partial charge in [0.2, 0.25) is 17.7 Å². The number of likely N-dealkylation sites (tertiary alicyclic amines) is 1. The van der Waals surface area contributed by atoms with E-state index in [1.54, 1.807) is 25.2 Å². The van der Waals surface area contributed by atoms with Gasteiger partial charge in [-0.1, -0.05) is 6.07 Å². The Bertz CT molecular complexity index is 1300. The van der Waals surface area contributed by atoms with Gasteiger partial charge in [0.1, 0.15) is 24.5 Å². The first kappa shape index (κ1) is 27.3. The van der Waals surface area contributed by atoms with Gasteiger partial charge < -0.3 is 30.4 Å². The number of ether oxygens (including phenoxy) is 1.